The Hall–Kier alpha value is -1.30. The summed E-state index contributed by atoms with van der Waals surface area (Å²) < 4.78 is 0. The Morgan fingerprint density at radius 2 is 1.86 bits per heavy atom. The van der Waals surface area contributed by atoms with Gasteiger partial charge in [-0.15, -0.1) is 0 Å². The smallest absolute Gasteiger partial charge is 0.317 e. The van der Waals surface area contributed by atoms with Gasteiger partial charge in [-0.25, -0.2) is 4.79 Å². The van der Waals surface area contributed by atoms with Gasteiger partial charge in [0.05, 0.1) is 0 Å². The number of amides is 2. The minimum Gasteiger partial charge on any atom is -0.481 e. The molecule has 2 rings (SSSR count). The third kappa shape index (κ3) is 4.59. The van der Waals surface area contributed by atoms with Crippen molar-refractivity contribution in [2.75, 3.05) is 6.54 Å². The van der Waals surface area contributed by atoms with Crippen LogP contribution in [0.2, 0.25) is 0 Å². The Labute approximate surface area is 126 Å². The molecule has 1 aliphatic carbocycles. The van der Waals surface area contributed by atoms with E-state index >= 15 is 0 Å². The zero-order chi connectivity index (χ0) is 15.2. The van der Waals surface area contributed by atoms with Gasteiger partial charge in [-0.2, -0.15) is 0 Å². The predicted molar refractivity (Wildman–Crippen MR) is 80.0 cm³/mol. The molecule has 6 nitrogen and oxygen atoms in total. The van der Waals surface area contributed by atoms with Crippen molar-refractivity contribution in [3.05, 3.63) is 0 Å². The van der Waals surface area contributed by atoms with Crippen molar-refractivity contribution in [2.24, 2.45) is 5.73 Å². The number of nitrogens with zero attached hydrogens (tertiary/aromatic N) is 1. The lowest BCUT2D eigenvalue weighted by molar-refractivity contribution is -0.137. The van der Waals surface area contributed by atoms with Gasteiger partial charge in [0, 0.05) is 31.1 Å². The third-order valence-electron chi connectivity index (χ3n) is 4.71. The van der Waals surface area contributed by atoms with E-state index in [-0.39, 0.29) is 30.6 Å². The fourth-order valence-corrected chi connectivity index (χ4v) is 3.44. The summed E-state index contributed by atoms with van der Waals surface area (Å²) in [6.45, 7) is 0.720. The van der Waals surface area contributed by atoms with Gasteiger partial charge in [0.25, 0.3) is 0 Å². The van der Waals surface area contributed by atoms with Crippen LogP contribution >= 0.6 is 0 Å². The molecular weight excluding hydrogens is 270 g/mol. The maximum atomic E-state index is 12.5. The molecule has 3 atom stereocenters. The van der Waals surface area contributed by atoms with Crippen LogP contribution in [0.15, 0.2) is 0 Å². The number of rotatable bonds is 4. The number of likely N-dealkylation sites (tertiary alicyclic amines) is 1. The number of nitrogens with one attached hydrogen (secondary N) is 1. The van der Waals surface area contributed by atoms with Crippen LogP contribution in [-0.4, -0.2) is 46.7 Å². The summed E-state index contributed by atoms with van der Waals surface area (Å²) in [6.07, 6.45) is 7.78. The number of hydrogen-bond donors (Lipinski definition) is 3. The summed E-state index contributed by atoms with van der Waals surface area (Å²) in [7, 11) is 0. The SMILES string of the molecule is NC1CCCCC1NC(=O)N1CCCCC1CCC(=O)O. The van der Waals surface area contributed by atoms with Gasteiger partial charge in [-0.05, 0) is 38.5 Å². The first-order valence-corrected chi connectivity index (χ1v) is 8.12. The second-order valence-electron chi connectivity index (χ2n) is 6.28. The van der Waals surface area contributed by atoms with Crippen molar-refractivity contribution in [2.45, 2.75) is 75.9 Å². The van der Waals surface area contributed by atoms with Gasteiger partial charge < -0.3 is 21.1 Å². The molecule has 0 aromatic rings. The lowest BCUT2D eigenvalue weighted by Gasteiger charge is -2.38. The number of aliphatic carboxylic acids is 1. The van der Waals surface area contributed by atoms with E-state index in [9.17, 15) is 9.59 Å². The Morgan fingerprint density at radius 1 is 1.14 bits per heavy atom. The first-order valence-electron chi connectivity index (χ1n) is 8.12. The second kappa shape index (κ2) is 7.64. The maximum Gasteiger partial charge on any atom is 0.317 e. The summed E-state index contributed by atoms with van der Waals surface area (Å²) >= 11 is 0. The van der Waals surface area contributed by atoms with Gasteiger partial charge in [-0.1, -0.05) is 12.8 Å². The first-order chi connectivity index (χ1) is 10.1. The van der Waals surface area contributed by atoms with Crippen molar-refractivity contribution in [3.63, 3.8) is 0 Å². The Balaban J connectivity index is 1.89. The molecule has 1 heterocycles. The van der Waals surface area contributed by atoms with Crippen LogP contribution in [0.4, 0.5) is 4.79 Å². The highest BCUT2D eigenvalue weighted by molar-refractivity contribution is 5.75. The number of carbonyl (C=O) groups is 2. The van der Waals surface area contributed by atoms with Crippen molar-refractivity contribution in [1.82, 2.24) is 10.2 Å². The monoisotopic (exact) mass is 297 g/mol. The van der Waals surface area contributed by atoms with E-state index in [0.29, 0.717) is 6.42 Å². The van der Waals surface area contributed by atoms with Crippen LogP contribution in [0.5, 0.6) is 0 Å². The number of urea groups is 1. The minimum atomic E-state index is -0.796. The molecule has 2 aliphatic rings. The molecule has 2 amide bonds. The maximum absolute atomic E-state index is 12.5. The Morgan fingerprint density at radius 3 is 2.57 bits per heavy atom. The molecule has 0 bridgehead atoms. The Kier molecular flexibility index (Phi) is 5.85. The molecule has 1 saturated carbocycles. The number of carboxylic acid groups (broad SMARTS) is 1. The number of carboxylic acids is 1. The number of nitrogens with two attached hydrogens (primary N) is 1. The van der Waals surface area contributed by atoms with Crippen molar-refractivity contribution < 1.29 is 14.7 Å². The lowest BCUT2D eigenvalue weighted by atomic mass is 9.91. The van der Waals surface area contributed by atoms with Crippen LogP contribution in [0.3, 0.4) is 0 Å². The second-order valence-corrected chi connectivity index (χ2v) is 6.28. The first kappa shape index (κ1) is 16.1. The van der Waals surface area contributed by atoms with Gasteiger partial charge in [0.15, 0.2) is 0 Å². The highest BCUT2D eigenvalue weighted by atomic mass is 16.4. The van der Waals surface area contributed by atoms with Crippen LogP contribution in [-0.2, 0) is 4.79 Å². The van der Waals surface area contributed by atoms with E-state index in [1.165, 1.54) is 0 Å². The fraction of sp³-hybridized carbons (Fsp3) is 0.867. The molecule has 120 valence electrons. The van der Waals surface area contributed by atoms with Gasteiger partial charge in [-0.3, -0.25) is 4.79 Å². The van der Waals surface area contributed by atoms with Crippen molar-refractivity contribution in [1.29, 1.82) is 0 Å². The molecule has 0 spiro atoms. The quantitative estimate of drug-likeness (QED) is 0.735. The molecule has 1 aliphatic heterocycles. The summed E-state index contributed by atoms with van der Waals surface area (Å²) in [5, 5.41) is 11.9. The standard InChI is InChI=1S/C15H27N3O3/c16-12-6-1-2-7-13(12)17-15(21)18-10-4-3-5-11(18)8-9-14(19)20/h11-13H,1-10,16H2,(H,17,21)(H,19,20). The molecule has 6 heteroatoms. The average Bonchev–Trinajstić information content (AvgIpc) is 2.47. The minimum absolute atomic E-state index is 0.0463. The molecule has 2 fully saturated rings. The third-order valence-corrected chi connectivity index (χ3v) is 4.71. The topological polar surface area (TPSA) is 95.7 Å². The normalized spacial score (nSPS) is 30.0. The molecule has 4 N–H and O–H groups in total. The molecule has 1 saturated heterocycles. The average molecular weight is 297 g/mol. The van der Waals surface area contributed by atoms with Gasteiger partial charge >= 0.3 is 12.0 Å². The summed E-state index contributed by atoms with van der Waals surface area (Å²) in [5.74, 6) is -0.796. The zero-order valence-corrected chi connectivity index (χ0v) is 12.6. The van der Waals surface area contributed by atoms with Crippen LogP contribution in [0.25, 0.3) is 0 Å². The lowest BCUT2D eigenvalue weighted by Crippen LogP contribution is -2.56. The van der Waals surface area contributed by atoms with Crippen molar-refractivity contribution >= 4 is 12.0 Å². The predicted octanol–water partition coefficient (Wildman–Crippen LogP) is 1.69. The number of piperidine rings is 1. The van der Waals surface area contributed by atoms with E-state index in [2.05, 4.69) is 5.32 Å². The number of hydrogen-bond acceptors (Lipinski definition) is 3. The molecule has 21 heavy (non-hydrogen) atoms. The van der Waals surface area contributed by atoms with Crippen LogP contribution in [0.1, 0.15) is 57.8 Å². The summed E-state index contributed by atoms with van der Waals surface area (Å²) in [5.41, 5.74) is 6.08. The number of carbonyl (C=O) groups excluding carboxylic acids is 1. The van der Waals surface area contributed by atoms with Crippen molar-refractivity contribution in [3.8, 4) is 0 Å². The van der Waals surface area contributed by atoms with Crippen LogP contribution in [0, 0.1) is 0 Å². The van der Waals surface area contributed by atoms with E-state index < -0.39 is 5.97 Å². The van der Waals surface area contributed by atoms with E-state index in [4.69, 9.17) is 10.8 Å². The molecule has 3 unspecified atom stereocenters. The van der Waals surface area contributed by atoms with E-state index in [1.807, 2.05) is 4.90 Å². The largest absolute Gasteiger partial charge is 0.481 e. The van der Waals surface area contributed by atoms with E-state index in [1.54, 1.807) is 0 Å². The fourth-order valence-electron chi connectivity index (χ4n) is 3.44. The molecule has 0 radical (unpaired) electrons. The van der Waals surface area contributed by atoms with Crippen LogP contribution < -0.4 is 11.1 Å². The summed E-state index contributed by atoms with van der Waals surface area (Å²) in [6, 6.07) is 0.0976. The van der Waals surface area contributed by atoms with E-state index in [0.717, 1.165) is 51.5 Å². The Bertz CT molecular complexity index is 375. The zero-order valence-electron chi connectivity index (χ0n) is 12.6. The summed E-state index contributed by atoms with van der Waals surface area (Å²) in [4.78, 5) is 25.0. The molecular formula is C15H27N3O3. The van der Waals surface area contributed by atoms with Gasteiger partial charge in [0.2, 0.25) is 0 Å². The molecule has 0 aromatic heterocycles. The van der Waals surface area contributed by atoms with Gasteiger partial charge in [0.1, 0.15) is 0 Å². The molecule has 0 aromatic carbocycles. The highest BCUT2D eigenvalue weighted by Gasteiger charge is 2.30. The highest BCUT2D eigenvalue weighted by Crippen LogP contribution is 2.22.